The van der Waals surface area contributed by atoms with Gasteiger partial charge in [0, 0.05) is 6.54 Å². The molecule has 1 aromatic carbocycles. The predicted octanol–water partition coefficient (Wildman–Crippen LogP) is 1.37. The highest BCUT2D eigenvalue weighted by molar-refractivity contribution is 5.97. The first-order valence-corrected chi connectivity index (χ1v) is 5.31. The van der Waals surface area contributed by atoms with E-state index in [9.17, 15) is 9.59 Å². The Labute approximate surface area is 94.2 Å². The molecule has 4 heteroatoms. The zero-order valence-corrected chi connectivity index (χ0v) is 9.14. The van der Waals surface area contributed by atoms with Crippen LogP contribution in [0.25, 0.3) is 0 Å². The Balaban J connectivity index is 2.13. The van der Waals surface area contributed by atoms with E-state index in [1.165, 1.54) is 4.90 Å². The molecular weight excluding hydrogens is 204 g/mol. The average molecular weight is 218 g/mol. The summed E-state index contributed by atoms with van der Waals surface area (Å²) in [6.07, 6.45) is 0. The lowest BCUT2D eigenvalue weighted by Crippen LogP contribution is -2.53. The van der Waals surface area contributed by atoms with Crippen molar-refractivity contribution in [3.05, 3.63) is 35.9 Å². The SMILES string of the molecule is CC1CNC(=O)N(Cc2ccccc2)C1=O. The lowest BCUT2D eigenvalue weighted by Gasteiger charge is -2.29. The van der Waals surface area contributed by atoms with Crippen LogP contribution in [-0.4, -0.2) is 23.4 Å². The van der Waals surface area contributed by atoms with E-state index in [2.05, 4.69) is 5.32 Å². The van der Waals surface area contributed by atoms with Gasteiger partial charge in [-0.2, -0.15) is 0 Å². The molecule has 3 amide bonds. The second-order valence-corrected chi connectivity index (χ2v) is 4.00. The number of nitrogens with zero attached hydrogens (tertiary/aromatic N) is 1. The van der Waals surface area contributed by atoms with Crippen LogP contribution in [0.15, 0.2) is 30.3 Å². The van der Waals surface area contributed by atoms with Gasteiger partial charge in [0.1, 0.15) is 0 Å². The first kappa shape index (κ1) is 10.7. The van der Waals surface area contributed by atoms with E-state index in [1.54, 1.807) is 0 Å². The number of hydrogen-bond acceptors (Lipinski definition) is 2. The van der Waals surface area contributed by atoms with Crippen molar-refractivity contribution >= 4 is 11.9 Å². The fourth-order valence-corrected chi connectivity index (χ4v) is 1.70. The largest absolute Gasteiger partial charge is 0.337 e. The van der Waals surface area contributed by atoms with Crippen molar-refractivity contribution in [3.8, 4) is 0 Å². The van der Waals surface area contributed by atoms with Crippen molar-refractivity contribution in [1.29, 1.82) is 0 Å². The van der Waals surface area contributed by atoms with E-state index in [0.717, 1.165) is 5.56 Å². The van der Waals surface area contributed by atoms with Crippen LogP contribution in [0.4, 0.5) is 4.79 Å². The molecule has 0 bridgehead atoms. The number of benzene rings is 1. The molecule has 1 saturated heterocycles. The molecule has 0 aliphatic carbocycles. The highest BCUT2D eigenvalue weighted by Crippen LogP contribution is 2.12. The van der Waals surface area contributed by atoms with E-state index in [4.69, 9.17) is 0 Å². The van der Waals surface area contributed by atoms with Crippen molar-refractivity contribution in [1.82, 2.24) is 10.2 Å². The van der Waals surface area contributed by atoms with Crippen LogP contribution in [0.1, 0.15) is 12.5 Å². The second-order valence-electron chi connectivity index (χ2n) is 4.00. The monoisotopic (exact) mass is 218 g/mol. The van der Waals surface area contributed by atoms with Crippen LogP contribution in [-0.2, 0) is 11.3 Å². The van der Waals surface area contributed by atoms with Gasteiger partial charge in [0.15, 0.2) is 0 Å². The molecule has 1 N–H and O–H groups in total. The number of imide groups is 1. The summed E-state index contributed by atoms with van der Waals surface area (Å²) in [5, 5.41) is 2.70. The molecule has 1 unspecified atom stereocenters. The molecule has 0 spiro atoms. The van der Waals surface area contributed by atoms with Gasteiger partial charge in [0.05, 0.1) is 12.5 Å². The fourth-order valence-electron chi connectivity index (χ4n) is 1.70. The number of amides is 3. The highest BCUT2D eigenvalue weighted by atomic mass is 16.2. The number of hydrogen-bond donors (Lipinski definition) is 1. The number of nitrogens with one attached hydrogen (secondary N) is 1. The third kappa shape index (κ3) is 2.05. The molecular formula is C12H14N2O2. The zero-order chi connectivity index (χ0) is 11.5. The first-order valence-electron chi connectivity index (χ1n) is 5.31. The van der Waals surface area contributed by atoms with Gasteiger partial charge >= 0.3 is 6.03 Å². The Morgan fingerprint density at radius 2 is 2.00 bits per heavy atom. The van der Waals surface area contributed by atoms with Crippen molar-refractivity contribution in [2.75, 3.05) is 6.54 Å². The van der Waals surface area contributed by atoms with Gasteiger partial charge in [-0.1, -0.05) is 37.3 Å². The number of carbonyl (C=O) groups excluding carboxylic acids is 2. The Bertz CT molecular complexity index is 403. The summed E-state index contributed by atoms with van der Waals surface area (Å²) in [5.41, 5.74) is 0.958. The zero-order valence-electron chi connectivity index (χ0n) is 9.14. The molecule has 1 fully saturated rings. The highest BCUT2D eigenvalue weighted by Gasteiger charge is 2.30. The Morgan fingerprint density at radius 3 is 2.69 bits per heavy atom. The minimum atomic E-state index is -0.299. The summed E-state index contributed by atoms with van der Waals surface area (Å²) in [6, 6.07) is 9.20. The summed E-state index contributed by atoms with van der Waals surface area (Å²) < 4.78 is 0. The van der Waals surface area contributed by atoms with E-state index < -0.39 is 0 Å². The number of urea groups is 1. The van der Waals surface area contributed by atoms with Crippen LogP contribution in [0.2, 0.25) is 0 Å². The normalized spacial score (nSPS) is 20.8. The maximum atomic E-state index is 11.8. The van der Waals surface area contributed by atoms with Gasteiger partial charge in [-0.25, -0.2) is 4.79 Å². The molecule has 1 aliphatic rings. The van der Waals surface area contributed by atoms with Gasteiger partial charge in [-0.05, 0) is 5.56 Å². The maximum Gasteiger partial charge on any atom is 0.324 e. The quantitative estimate of drug-likeness (QED) is 0.815. The minimum absolute atomic E-state index is 0.104. The standard InChI is InChI=1S/C12H14N2O2/c1-9-7-13-12(16)14(11(9)15)8-10-5-3-2-4-6-10/h2-6,9H,7-8H2,1H3,(H,13,16). The summed E-state index contributed by atoms with van der Waals surface area (Å²) in [6.45, 7) is 2.60. The summed E-state index contributed by atoms with van der Waals surface area (Å²) in [4.78, 5) is 24.6. The van der Waals surface area contributed by atoms with Crippen LogP contribution in [0.3, 0.4) is 0 Å². The molecule has 0 radical (unpaired) electrons. The van der Waals surface area contributed by atoms with Crippen LogP contribution >= 0.6 is 0 Å². The van der Waals surface area contributed by atoms with Crippen LogP contribution < -0.4 is 5.32 Å². The number of rotatable bonds is 2. The summed E-state index contributed by atoms with van der Waals surface area (Å²) >= 11 is 0. The molecule has 0 aromatic heterocycles. The number of carbonyl (C=O) groups is 2. The Hall–Kier alpha value is -1.84. The van der Waals surface area contributed by atoms with E-state index in [-0.39, 0.29) is 17.9 Å². The molecule has 1 aromatic rings. The molecule has 1 heterocycles. The van der Waals surface area contributed by atoms with Crippen molar-refractivity contribution in [2.24, 2.45) is 5.92 Å². The summed E-state index contributed by atoms with van der Waals surface area (Å²) in [5.74, 6) is -0.242. The molecule has 0 saturated carbocycles. The van der Waals surface area contributed by atoms with Gasteiger partial charge in [-0.15, -0.1) is 0 Å². The van der Waals surface area contributed by atoms with Crippen molar-refractivity contribution in [2.45, 2.75) is 13.5 Å². The van der Waals surface area contributed by atoms with Crippen LogP contribution in [0, 0.1) is 5.92 Å². The second kappa shape index (κ2) is 4.35. The lowest BCUT2D eigenvalue weighted by molar-refractivity contribution is -0.133. The van der Waals surface area contributed by atoms with E-state index in [1.807, 2.05) is 37.3 Å². The van der Waals surface area contributed by atoms with Gasteiger partial charge < -0.3 is 5.32 Å². The van der Waals surface area contributed by atoms with Crippen molar-refractivity contribution in [3.63, 3.8) is 0 Å². The Kier molecular flexibility index (Phi) is 2.90. The molecule has 16 heavy (non-hydrogen) atoms. The third-order valence-electron chi connectivity index (χ3n) is 2.68. The Morgan fingerprint density at radius 1 is 1.31 bits per heavy atom. The third-order valence-corrected chi connectivity index (χ3v) is 2.68. The fraction of sp³-hybridized carbons (Fsp3) is 0.333. The molecule has 2 rings (SSSR count). The van der Waals surface area contributed by atoms with Crippen LogP contribution in [0.5, 0.6) is 0 Å². The maximum absolute atomic E-state index is 11.8. The topological polar surface area (TPSA) is 49.4 Å². The van der Waals surface area contributed by atoms with Gasteiger partial charge in [0.2, 0.25) is 5.91 Å². The lowest BCUT2D eigenvalue weighted by atomic mass is 10.1. The van der Waals surface area contributed by atoms with Gasteiger partial charge in [0.25, 0.3) is 0 Å². The summed E-state index contributed by atoms with van der Waals surface area (Å²) in [7, 11) is 0. The molecule has 1 aliphatic heterocycles. The molecule has 4 nitrogen and oxygen atoms in total. The van der Waals surface area contributed by atoms with Gasteiger partial charge in [-0.3, -0.25) is 9.69 Å². The first-order chi connectivity index (χ1) is 7.68. The predicted molar refractivity (Wildman–Crippen MR) is 59.6 cm³/mol. The van der Waals surface area contributed by atoms with E-state index >= 15 is 0 Å². The molecule has 1 atom stereocenters. The average Bonchev–Trinajstić information content (AvgIpc) is 2.31. The van der Waals surface area contributed by atoms with Crippen molar-refractivity contribution < 1.29 is 9.59 Å². The minimum Gasteiger partial charge on any atom is -0.337 e. The molecule has 84 valence electrons. The smallest absolute Gasteiger partial charge is 0.324 e. The van der Waals surface area contributed by atoms with E-state index in [0.29, 0.717) is 13.1 Å².